The summed E-state index contributed by atoms with van der Waals surface area (Å²) in [5.41, 5.74) is 8.16. The highest BCUT2D eigenvalue weighted by molar-refractivity contribution is 9.10. The average Bonchev–Trinajstić information content (AvgIpc) is 3.01. The average molecular weight is 430 g/mol. The van der Waals surface area contributed by atoms with Gasteiger partial charge in [0.2, 0.25) is 0 Å². The van der Waals surface area contributed by atoms with Crippen LogP contribution in [0.25, 0.3) is 16.9 Å². The highest BCUT2D eigenvalue weighted by atomic mass is 79.9. The number of aryl methyl sites for hydroxylation is 4. The third-order valence-corrected chi connectivity index (χ3v) is 6.23. The van der Waals surface area contributed by atoms with Gasteiger partial charge in [-0.25, -0.2) is 4.98 Å². The summed E-state index contributed by atoms with van der Waals surface area (Å²) < 4.78 is 2.84. The van der Waals surface area contributed by atoms with Crippen LogP contribution >= 0.6 is 15.9 Å². The Morgan fingerprint density at radius 2 is 1.70 bits per heavy atom. The molecule has 144 valence electrons. The second kappa shape index (κ2) is 7.97. The number of aromatic nitrogens is 4. The largest absolute Gasteiger partial charge is 0.382 e. The summed E-state index contributed by atoms with van der Waals surface area (Å²) in [6.45, 7) is 13.7. The van der Waals surface area contributed by atoms with Gasteiger partial charge in [0.25, 0.3) is 0 Å². The van der Waals surface area contributed by atoms with Crippen LogP contribution in [0.1, 0.15) is 49.1 Å². The quantitative estimate of drug-likeness (QED) is 0.548. The van der Waals surface area contributed by atoms with E-state index in [1.807, 2.05) is 11.6 Å². The van der Waals surface area contributed by atoms with Crippen molar-refractivity contribution < 1.29 is 0 Å². The van der Waals surface area contributed by atoms with E-state index in [4.69, 9.17) is 4.98 Å². The Balaban J connectivity index is 2.14. The Bertz CT molecular complexity index is 949. The fraction of sp³-hybridized carbons (Fsp3) is 0.476. The van der Waals surface area contributed by atoms with Crippen molar-refractivity contribution in [3.63, 3.8) is 0 Å². The monoisotopic (exact) mass is 429 g/mol. The second-order valence-corrected chi connectivity index (χ2v) is 8.16. The van der Waals surface area contributed by atoms with Crippen molar-refractivity contribution in [2.45, 2.75) is 54.4 Å². The lowest BCUT2D eigenvalue weighted by molar-refractivity contribution is 0.519. The summed E-state index contributed by atoms with van der Waals surface area (Å²) in [4.78, 5) is 4.80. The Labute approximate surface area is 169 Å². The Hall–Kier alpha value is -1.95. The van der Waals surface area contributed by atoms with Crippen molar-refractivity contribution in [3.05, 3.63) is 39.0 Å². The Kier molecular flexibility index (Phi) is 5.84. The minimum atomic E-state index is 0.636. The molecule has 0 bridgehead atoms. The Morgan fingerprint density at radius 1 is 1.07 bits per heavy atom. The number of pyridine rings is 1. The standard InChI is InChI=1S/C21H28BrN5/c1-7-16(8-2)11-23-18-17(22)15(6)24-21-19(18)25-26-27(21)20-13(4)9-12(3)10-14(20)5/h9-10,16H,7-8,11H2,1-6H3,(H,23,24). The number of benzene rings is 1. The zero-order valence-electron chi connectivity index (χ0n) is 17.0. The number of hydrogen-bond acceptors (Lipinski definition) is 4. The van der Waals surface area contributed by atoms with E-state index < -0.39 is 0 Å². The van der Waals surface area contributed by atoms with Crippen LogP contribution in [0.4, 0.5) is 5.69 Å². The van der Waals surface area contributed by atoms with Crippen LogP contribution in [0.2, 0.25) is 0 Å². The molecule has 2 aromatic heterocycles. The zero-order valence-corrected chi connectivity index (χ0v) is 18.6. The minimum Gasteiger partial charge on any atom is -0.382 e. The molecule has 0 unspecified atom stereocenters. The van der Waals surface area contributed by atoms with Crippen LogP contribution in [0.3, 0.4) is 0 Å². The molecule has 1 aromatic carbocycles. The first-order valence-electron chi connectivity index (χ1n) is 9.60. The lowest BCUT2D eigenvalue weighted by Gasteiger charge is -2.16. The highest BCUT2D eigenvalue weighted by Gasteiger charge is 2.19. The first-order chi connectivity index (χ1) is 12.9. The van der Waals surface area contributed by atoms with Crippen LogP contribution in [0.15, 0.2) is 16.6 Å². The van der Waals surface area contributed by atoms with Crippen molar-refractivity contribution in [2.24, 2.45) is 5.92 Å². The molecule has 0 saturated heterocycles. The molecule has 0 saturated carbocycles. The number of fused-ring (bicyclic) bond motifs is 1. The van der Waals surface area contributed by atoms with E-state index in [0.29, 0.717) is 5.92 Å². The van der Waals surface area contributed by atoms with E-state index in [1.165, 1.54) is 16.7 Å². The molecule has 3 rings (SSSR count). The summed E-state index contributed by atoms with van der Waals surface area (Å²) in [6.07, 6.45) is 2.31. The van der Waals surface area contributed by atoms with Crippen LogP contribution in [0.5, 0.6) is 0 Å². The van der Waals surface area contributed by atoms with Gasteiger partial charge in [-0.1, -0.05) is 49.6 Å². The molecule has 0 aliphatic heterocycles. The van der Waals surface area contributed by atoms with Gasteiger partial charge in [0.15, 0.2) is 11.2 Å². The van der Waals surface area contributed by atoms with Gasteiger partial charge in [-0.05, 0) is 60.7 Å². The van der Waals surface area contributed by atoms with E-state index in [2.05, 4.69) is 78.3 Å². The van der Waals surface area contributed by atoms with Crippen LogP contribution in [0, 0.1) is 33.6 Å². The number of halogens is 1. The van der Waals surface area contributed by atoms with Gasteiger partial charge in [-0.2, -0.15) is 4.68 Å². The smallest absolute Gasteiger partial charge is 0.186 e. The van der Waals surface area contributed by atoms with E-state index in [1.54, 1.807) is 0 Å². The number of hydrogen-bond donors (Lipinski definition) is 1. The third kappa shape index (κ3) is 3.72. The topological polar surface area (TPSA) is 55.6 Å². The molecule has 3 aromatic rings. The van der Waals surface area contributed by atoms with Gasteiger partial charge in [0, 0.05) is 6.54 Å². The fourth-order valence-corrected chi connectivity index (χ4v) is 4.09. The van der Waals surface area contributed by atoms with Gasteiger partial charge in [-0.3, -0.25) is 0 Å². The predicted octanol–water partition coefficient (Wildman–Crippen LogP) is 5.66. The molecular weight excluding hydrogens is 402 g/mol. The maximum Gasteiger partial charge on any atom is 0.186 e. The van der Waals surface area contributed by atoms with Crippen molar-refractivity contribution in [3.8, 4) is 5.69 Å². The predicted molar refractivity (Wildman–Crippen MR) is 116 cm³/mol. The molecule has 6 heteroatoms. The molecule has 0 aliphatic carbocycles. The van der Waals surface area contributed by atoms with Gasteiger partial charge >= 0.3 is 0 Å². The second-order valence-electron chi connectivity index (χ2n) is 7.37. The van der Waals surface area contributed by atoms with E-state index in [0.717, 1.165) is 52.1 Å². The van der Waals surface area contributed by atoms with Crippen molar-refractivity contribution in [1.82, 2.24) is 20.0 Å². The number of nitrogens with one attached hydrogen (secondary N) is 1. The van der Waals surface area contributed by atoms with Gasteiger partial charge in [0.1, 0.15) is 0 Å². The number of rotatable bonds is 6. The molecular formula is C21H28BrN5. The first-order valence-corrected chi connectivity index (χ1v) is 10.4. The first kappa shape index (κ1) is 19.8. The van der Waals surface area contributed by atoms with Crippen molar-refractivity contribution >= 4 is 32.8 Å². The zero-order chi connectivity index (χ0) is 19.7. The van der Waals surface area contributed by atoms with Crippen LogP contribution in [-0.2, 0) is 0 Å². The van der Waals surface area contributed by atoms with Crippen molar-refractivity contribution in [2.75, 3.05) is 11.9 Å². The molecule has 0 aliphatic rings. The molecule has 1 N–H and O–H groups in total. The Morgan fingerprint density at radius 3 is 2.30 bits per heavy atom. The summed E-state index contributed by atoms with van der Waals surface area (Å²) in [5.74, 6) is 0.636. The molecule has 0 radical (unpaired) electrons. The molecule has 5 nitrogen and oxygen atoms in total. The van der Waals surface area contributed by atoms with Crippen LogP contribution < -0.4 is 5.32 Å². The fourth-order valence-electron chi connectivity index (χ4n) is 3.67. The number of anilines is 1. The normalized spacial score (nSPS) is 11.6. The summed E-state index contributed by atoms with van der Waals surface area (Å²) in [7, 11) is 0. The maximum atomic E-state index is 4.80. The van der Waals surface area contributed by atoms with Crippen LogP contribution in [-0.4, -0.2) is 26.5 Å². The molecule has 0 amide bonds. The number of nitrogens with zero attached hydrogens (tertiary/aromatic N) is 4. The SMILES string of the molecule is CCC(CC)CNc1c(Br)c(C)nc2c1nnn2-c1c(C)cc(C)cc1C. The van der Waals surface area contributed by atoms with Gasteiger partial charge in [-0.15, -0.1) is 5.10 Å². The molecule has 0 spiro atoms. The lowest BCUT2D eigenvalue weighted by atomic mass is 10.0. The maximum absolute atomic E-state index is 4.80. The van der Waals surface area contributed by atoms with E-state index in [-0.39, 0.29) is 0 Å². The third-order valence-electron chi connectivity index (χ3n) is 5.26. The molecule has 0 atom stereocenters. The highest BCUT2D eigenvalue weighted by Crippen LogP contribution is 2.33. The van der Waals surface area contributed by atoms with Gasteiger partial charge in [0.05, 0.1) is 21.5 Å². The van der Waals surface area contributed by atoms with Crippen molar-refractivity contribution in [1.29, 1.82) is 0 Å². The lowest BCUT2D eigenvalue weighted by Crippen LogP contribution is -2.14. The van der Waals surface area contributed by atoms with E-state index >= 15 is 0 Å². The summed E-state index contributed by atoms with van der Waals surface area (Å²) in [5, 5.41) is 12.6. The minimum absolute atomic E-state index is 0.636. The summed E-state index contributed by atoms with van der Waals surface area (Å²) >= 11 is 3.70. The summed E-state index contributed by atoms with van der Waals surface area (Å²) in [6, 6.07) is 4.35. The molecule has 2 heterocycles. The molecule has 27 heavy (non-hydrogen) atoms. The van der Waals surface area contributed by atoms with E-state index in [9.17, 15) is 0 Å². The van der Waals surface area contributed by atoms with Gasteiger partial charge < -0.3 is 5.32 Å². The molecule has 0 fully saturated rings.